The van der Waals surface area contributed by atoms with Gasteiger partial charge in [0.2, 0.25) is 0 Å². The number of hydrogen-bond acceptors (Lipinski definition) is 0. The monoisotopic (exact) mass is 248 g/mol. The van der Waals surface area contributed by atoms with E-state index in [1.54, 1.807) is 11.1 Å². The molecule has 0 radical (unpaired) electrons. The molecule has 0 unspecified atom stereocenters. The highest BCUT2D eigenvalue weighted by molar-refractivity contribution is 5.43. The molecular weight excluding hydrogens is 216 g/mol. The van der Waals surface area contributed by atoms with Crippen molar-refractivity contribution in [3.05, 3.63) is 34.9 Å². The molecular formula is C18H32. The summed E-state index contributed by atoms with van der Waals surface area (Å²) in [5.74, 6) is 1.90. The van der Waals surface area contributed by atoms with Crippen molar-refractivity contribution < 1.29 is 0 Å². The summed E-state index contributed by atoms with van der Waals surface area (Å²) in [5.41, 5.74) is 4.77. The lowest BCUT2D eigenvalue weighted by molar-refractivity contribution is 0.652. The van der Waals surface area contributed by atoms with Gasteiger partial charge in [0, 0.05) is 0 Å². The Balaban J connectivity index is 0.00000137. The Morgan fingerprint density at radius 1 is 0.833 bits per heavy atom. The van der Waals surface area contributed by atoms with Crippen molar-refractivity contribution >= 4 is 0 Å². The van der Waals surface area contributed by atoms with Crippen molar-refractivity contribution in [3.8, 4) is 0 Å². The summed E-state index contributed by atoms with van der Waals surface area (Å²) in [4.78, 5) is 0. The summed E-state index contributed by atoms with van der Waals surface area (Å²) in [6.07, 6.45) is 7.97. The van der Waals surface area contributed by atoms with E-state index in [1.165, 1.54) is 5.57 Å². The van der Waals surface area contributed by atoms with Crippen LogP contribution in [-0.4, -0.2) is 0 Å². The third kappa shape index (κ3) is 4.48. The molecule has 0 aromatic rings. The average molecular weight is 248 g/mol. The van der Waals surface area contributed by atoms with E-state index in [2.05, 4.69) is 59.8 Å². The highest BCUT2D eigenvalue weighted by atomic mass is 14.2. The highest BCUT2D eigenvalue weighted by Gasteiger charge is 2.19. The first-order chi connectivity index (χ1) is 8.45. The summed E-state index contributed by atoms with van der Waals surface area (Å²) in [6.45, 7) is 17.9. The second-order valence-electron chi connectivity index (χ2n) is 5.66. The van der Waals surface area contributed by atoms with E-state index in [4.69, 9.17) is 0 Å². The van der Waals surface area contributed by atoms with Gasteiger partial charge in [0.25, 0.3) is 0 Å². The Morgan fingerprint density at radius 3 is 1.78 bits per heavy atom. The molecule has 0 saturated heterocycles. The molecule has 0 nitrogen and oxygen atoms in total. The summed E-state index contributed by atoms with van der Waals surface area (Å²) in [7, 11) is 0. The predicted octanol–water partition coefficient (Wildman–Crippen LogP) is 6.16. The summed E-state index contributed by atoms with van der Waals surface area (Å²) in [6, 6.07) is 0. The van der Waals surface area contributed by atoms with Gasteiger partial charge < -0.3 is 0 Å². The Bertz CT molecular complexity index is 322. The van der Waals surface area contributed by atoms with E-state index in [9.17, 15) is 0 Å². The van der Waals surface area contributed by atoms with Gasteiger partial charge in [-0.05, 0) is 35.3 Å². The van der Waals surface area contributed by atoms with Crippen LogP contribution in [0.15, 0.2) is 34.9 Å². The molecule has 0 spiro atoms. The van der Waals surface area contributed by atoms with Gasteiger partial charge in [-0.2, -0.15) is 0 Å². The molecule has 0 atom stereocenters. The summed E-state index contributed by atoms with van der Waals surface area (Å²) in [5, 5.41) is 0. The van der Waals surface area contributed by atoms with Crippen LogP contribution in [0.2, 0.25) is 0 Å². The maximum atomic E-state index is 2.32. The molecule has 0 saturated carbocycles. The standard InChI is InChI=1S/C16H26.C2H6/c1-11(2)14-9-7-8-10-15(12(3)4)16(14)13(5)6;1-2/h7-9,11-13H,10H2,1-6H3;1-2H3. The van der Waals surface area contributed by atoms with Gasteiger partial charge in [-0.3, -0.25) is 0 Å². The first kappa shape index (κ1) is 17.2. The van der Waals surface area contributed by atoms with Crippen LogP contribution in [0.5, 0.6) is 0 Å². The number of hydrogen-bond donors (Lipinski definition) is 0. The number of allylic oxidation sites excluding steroid dienone is 6. The minimum absolute atomic E-state index is 0.619. The third-order valence-corrected chi connectivity index (χ3v) is 3.30. The average Bonchev–Trinajstić information content (AvgIpc) is 2.53. The Labute approximate surface area is 115 Å². The Morgan fingerprint density at radius 2 is 1.39 bits per heavy atom. The lowest BCUT2D eigenvalue weighted by atomic mass is 9.81. The van der Waals surface area contributed by atoms with Gasteiger partial charge in [-0.1, -0.05) is 79.2 Å². The predicted molar refractivity (Wildman–Crippen MR) is 84.7 cm³/mol. The molecule has 0 aliphatic heterocycles. The molecule has 0 amide bonds. The molecule has 104 valence electrons. The lowest BCUT2D eigenvalue weighted by Gasteiger charge is -2.24. The molecule has 1 aliphatic rings. The van der Waals surface area contributed by atoms with Crippen molar-refractivity contribution in [1.29, 1.82) is 0 Å². The van der Waals surface area contributed by atoms with Crippen LogP contribution in [0.4, 0.5) is 0 Å². The molecule has 0 heterocycles. The Kier molecular flexibility index (Phi) is 7.98. The van der Waals surface area contributed by atoms with Crippen molar-refractivity contribution in [2.45, 2.75) is 61.8 Å². The van der Waals surface area contributed by atoms with Gasteiger partial charge in [0.15, 0.2) is 0 Å². The molecule has 1 rings (SSSR count). The molecule has 0 N–H and O–H groups in total. The zero-order valence-electron chi connectivity index (χ0n) is 13.7. The fourth-order valence-corrected chi connectivity index (χ4v) is 2.51. The fourth-order valence-electron chi connectivity index (χ4n) is 2.51. The normalized spacial score (nSPS) is 15.8. The molecule has 0 aromatic heterocycles. The van der Waals surface area contributed by atoms with Crippen LogP contribution in [0.3, 0.4) is 0 Å². The third-order valence-electron chi connectivity index (χ3n) is 3.30. The van der Waals surface area contributed by atoms with Crippen molar-refractivity contribution in [3.63, 3.8) is 0 Å². The minimum atomic E-state index is 0.619. The topological polar surface area (TPSA) is 0 Å². The highest BCUT2D eigenvalue weighted by Crippen LogP contribution is 2.35. The van der Waals surface area contributed by atoms with Crippen molar-refractivity contribution in [1.82, 2.24) is 0 Å². The smallest absolute Gasteiger partial charge is 0.0127 e. The minimum Gasteiger partial charge on any atom is -0.0804 e. The first-order valence-electron chi connectivity index (χ1n) is 7.55. The number of rotatable bonds is 3. The van der Waals surface area contributed by atoms with Crippen LogP contribution in [-0.2, 0) is 0 Å². The Hall–Kier alpha value is -0.780. The van der Waals surface area contributed by atoms with E-state index < -0.39 is 0 Å². The largest absolute Gasteiger partial charge is 0.0804 e. The second-order valence-corrected chi connectivity index (χ2v) is 5.66. The van der Waals surface area contributed by atoms with Crippen LogP contribution < -0.4 is 0 Å². The molecule has 18 heavy (non-hydrogen) atoms. The maximum absolute atomic E-state index is 2.32. The van der Waals surface area contributed by atoms with E-state index in [0.29, 0.717) is 17.8 Å². The lowest BCUT2D eigenvalue weighted by Crippen LogP contribution is -2.10. The quantitative estimate of drug-likeness (QED) is 0.561. The van der Waals surface area contributed by atoms with E-state index in [-0.39, 0.29) is 0 Å². The zero-order chi connectivity index (χ0) is 14.3. The summed E-state index contributed by atoms with van der Waals surface area (Å²) < 4.78 is 0. The van der Waals surface area contributed by atoms with E-state index in [0.717, 1.165) is 6.42 Å². The van der Waals surface area contributed by atoms with Gasteiger partial charge in [0.1, 0.15) is 0 Å². The zero-order valence-corrected chi connectivity index (χ0v) is 13.7. The second kappa shape index (κ2) is 8.34. The fraction of sp³-hybridized carbons (Fsp3) is 0.667. The van der Waals surface area contributed by atoms with Crippen LogP contribution in [0.1, 0.15) is 61.8 Å². The molecule has 1 aliphatic carbocycles. The molecule has 0 fully saturated rings. The van der Waals surface area contributed by atoms with E-state index >= 15 is 0 Å². The maximum Gasteiger partial charge on any atom is -0.0127 e. The SMILES string of the molecule is CC.CC(C)C1=CC=CCC(C(C)C)=C1C(C)C. The van der Waals surface area contributed by atoms with Gasteiger partial charge in [0.05, 0.1) is 0 Å². The first-order valence-corrected chi connectivity index (χ1v) is 7.55. The van der Waals surface area contributed by atoms with Crippen LogP contribution >= 0.6 is 0 Å². The van der Waals surface area contributed by atoms with Crippen LogP contribution in [0, 0.1) is 17.8 Å². The van der Waals surface area contributed by atoms with Crippen LogP contribution in [0.25, 0.3) is 0 Å². The van der Waals surface area contributed by atoms with E-state index in [1.807, 2.05) is 13.8 Å². The van der Waals surface area contributed by atoms with Gasteiger partial charge in [-0.25, -0.2) is 0 Å². The molecule has 0 heteroatoms. The summed E-state index contributed by atoms with van der Waals surface area (Å²) >= 11 is 0. The molecule has 0 aromatic carbocycles. The van der Waals surface area contributed by atoms with Gasteiger partial charge in [-0.15, -0.1) is 0 Å². The van der Waals surface area contributed by atoms with Gasteiger partial charge >= 0.3 is 0 Å². The van der Waals surface area contributed by atoms with Crippen molar-refractivity contribution in [2.24, 2.45) is 17.8 Å². The van der Waals surface area contributed by atoms with Crippen molar-refractivity contribution in [2.75, 3.05) is 0 Å². The molecule has 0 bridgehead atoms.